The summed E-state index contributed by atoms with van der Waals surface area (Å²) in [6.45, 7) is 0. The van der Waals surface area contributed by atoms with E-state index in [4.69, 9.17) is 5.73 Å². The van der Waals surface area contributed by atoms with Crippen LogP contribution in [0.15, 0.2) is 35.3 Å². The number of anilines is 1. The molecule has 0 saturated heterocycles. The Kier molecular flexibility index (Phi) is 3.89. The molecule has 0 atom stereocenters. The summed E-state index contributed by atoms with van der Waals surface area (Å²) < 4.78 is 37.4. The van der Waals surface area contributed by atoms with Crippen molar-refractivity contribution in [3.63, 3.8) is 0 Å². The highest BCUT2D eigenvalue weighted by molar-refractivity contribution is 5.62. The maximum atomic E-state index is 12.5. The molecule has 0 saturated carbocycles. The first kappa shape index (κ1) is 15.5. The van der Waals surface area contributed by atoms with Gasteiger partial charge in [-0.2, -0.15) is 13.2 Å². The molecule has 0 unspecified atom stereocenters. The summed E-state index contributed by atoms with van der Waals surface area (Å²) in [5, 5.41) is 10.8. The molecule has 3 N–H and O–H groups in total. The summed E-state index contributed by atoms with van der Waals surface area (Å²) in [6.07, 6.45) is -3.17. The zero-order valence-corrected chi connectivity index (χ0v) is 11.0. The molecule has 0 spiro atoms. The first-order valence-corrected chi connectivity index (χ1v) is 6.00. The van der Waals surface area contributed by atoms with Crippen molar-refractivity contribution in [2.75, 3.05) is 5.73 Å². The number of pyridine rings is 1. The van der Waals surface area contributed by atoms with Gasteiger partial charge >= 0.3 is 17.4 Å². The molecule has 2 rings (SSSR count). The summed E-state index contributed by atoms with van der Waals surface area (Å²) in [7, 11) is 0. The topological polar surface area (TPSA) is 102 Å². The minimum atomic E-state index is -4.44. The second-order valence-corrected chi connectivity index (χ2v) is 4.53. The molecule has 0 radical (unpaired) electrons. The third-order valence-corrected chi connectivity index (χ3v) is 3.05. The monoisotopic (exact) mass is 313 g/mol. The Labute approximate surface area is 121 Å². The molecule has 22 heavy (non-hydrogen) atoms. The van der Waals surface area contributed by atoms with Gasteiger partial charge in [0.1, 0.15) is 5.69 Å². The molecule has 116 valence electrons. The van der Waals surface area contributed by atoms with Crippen LogP contribution in [0.4, 0.5) is 24.5 Å². The van der Waals surface area contributed by atoms with Crippen LogP contribution in [0.5, 0.6) is 0 Å². The van der Waals surface area contributed by atoms with E-state index in [-0.39, 0.29) is 17.7 Å². The number of nitrogens with one attached hydrogen (secondary N) is 1. The number of nitro groups is 1. The molecule has 9 heteroatoms. The Morgan fingerprint density at radius 1 is 1.23 bits per heavy atom. The standard InChI is InChI=1S/C13H10F3N3O3/c14-13(15,16)9-3-1-7(2-4-9)5-8-6-18-12(20)11(10(8)17)19(21)22/h1-4,6H,5H2,(H3,17,18,20). The highest BCUT2D eigenvalue weighted by atomic mass is 19.4. The molecule has 0 aliphatic carbocycles. The molecule has 1 aromatic carbocycles. The van der Waals surface area contributed by atoms with Gasteiger partial charge in [-0.05, 0) is 17.7 Å². The lowest BCUT2D eigenvalue weighted by Crippen LogP contribution is -2.15. The van der Waals surface area contributed by atoms with Crippen molar-refractivity contribution in [3.05, 3.63) is 67.6 Å². The van der Waals surface area contributed by atoms with Gasteiger partial charge in [-0.1, -0.05) is 12.1 Å². The molecule has 1 heterocycles. The summed E-state index contributed by atoms with van der Waals surface area (Å²) in [4.78, 5) is 23.4. The molecule has 0 aliphatic heterocycles. The number of hydrogen-bond acceptors (Lipinski definition) is 4. The number of alkyl halides is 3. The van der Waals surface area contributed by atoms with E-state index in [0.29, 0.717) is 5.56 Å². The number of aromatic amines is 1. The number of nitrogens with zero attached hydrogens (tertiary/aromatic N) is 1. The Balaban J connectivity index is 2.34. The van der Waals surface area contributed by atoms with Crippen LogP contribution in [0.25, 0.3) is 0 Å². The quantitative estimate of drug-likeness (QED) is 0.671. The highest BCUT2D eigenvalue weighted by Gasteiger charge is 2.30. The van der Waals surface area contributed by atoms with E-state index in [1.54, 1.807) is 0 Å². The van der Waals surface area contributed by atoms with Crippen molar-refractivity contribution in [2.24, 2.45) is 0 Å². The number of hydrogen-bond donors (Lipinski definition) is 2. The van der Waals surface area contributed by atoms with Crippen molar-refractivity contribution in [1.29, 1.82) is 0 Å². The number of nitrogens with two attached hydrogens (primary N) is 1. The van der Waals surface area contributed by atoms with Crippen LogP contribution in [-0.2, 0) is 12.6 Å². The van der Waals surface area contributed by atoms with Crippen molar-refractivity contribution >= 4 is 11.4 Å². The van der Waals surface area contributed by atoms with Gasteiger partial charge in [0.15, 0.2) is 0 Å². The van der Waals surface area contributed by atoms with Gasteiger partial charge in [0.25, 0.3) is 0 Å². The number of nitrogen functional groups attached to an aromatic ring is 1. The zero-order valence-electron chi connectivity index (χ0n) is 11.0. The number of H-pyrrole nitrogens is 1. The number of aromatic nitrogens is 1. The van der Waals surface area contributed by atoms with Crippen LogP contribution >= 0.6 is 0 Å². The van der Waals surface area contributed by atoms with Crippen LogP contribution in [-0.4, -0.2) is 9.91 Å². The third-order valence-electron chi connectivity index (χ3n) is 3.05. The maximum absolute atomic E-state index is 12.5. The molecule has 0 fully saturated rings. The van der Waals surface area contributed by atoms with Gasteiger partial charge in [-0.15, -0.1) is 0 Å². The number of rotatable bonds is 3. The number of benzene rings is 1. The van der Waals surface area contributed by atoms with Gasteiger partial charge in [-0.25, -0.2) is 0 Å². The molecular weight excluding hydrogens is 303 g/mol. The fraction of sp³-hybridized carbons (Fsp3) is 0.154. The van der Waals surface area contributed by atoms with E-state index >= 15 is 0 Å². The summed E-state index contributed by atoms with van der Waals surface area (Å²) in [5.74, 6) is 0. The van der Waals surface area contributed by atoms with Crippen molar-refractivity contribution in [3.8, 4) is 0 Å². The van der Waals surface area contributed by atoms with E-state index < -0.39 is 27.9 Å². The van der Waals surface area contributed by atoms with Crippen LogP contribution in [0, 0.1) is 10.1 Å². The Bertz CT molecular complexity index is 767. The Morgan fingerprint density at radius 2 is 1.82 bits per heavy atom. The summed E-state index contributed by atoms with van der Waals surface area (Å²) in [5.41, 5.74) is 3.52. The third kappa shape index (κ3) is 3.08. The van der Waals surface area contributed by atoms with Crippen molar-refractivity contribution in [1.82, 2.24) is 4.98 Å². The lowest BCUT2D eigenvalue weighted by Gasteiger charge is -2.09. The van der Waals surface area contributed by atoms with Crippen LogP contribution in [0.1, 0.15) is 16.7 Å². The molecule has 6 nitrogen and oxygen atoms in total. The Hall–Kier alpha value is -2.84. The predicted molar refractivity (Wildman–Crippen MR) is 72.4 cm³/mol. The molecule has 0 aliphatic rings. The van der Waals surface area contributed by atoms with Crippen LogP contribution in [0.2, 0.25) is 0 Å². The van der Waals surface area contributed by atoms with E-state index in [9.17, 15) is 28.1 Å². The molecular formula is C13H10F3N3O3. The molecule has 1 aromatic heterocycles. The smallest absolute Gasteiger partial charge is 0.393 e. The molecule has 0 bridgehead atoms. The van der Waals surface area contributed by atoms with Crippen LogP contribution < -0.4 is 11.3 Å². The van der Waals surface area contributed by atoms with Gasteiger partial charge < -0.3 is 10.7 Å². The minimum absolute atomic E-state index is 0.0571. The van der Waals surface area contributed by atoms with Crippen molar-refractivity contribution < 1.29 is 18.1 Å². The van der Waals surface area contributed by atoms with Gasteiger partial charge in [0.2, 0.25) is 0 Å². The van der Waals surface area contributed by atoms with Crippen molar-refractivity contribution in [2.45, 2.75) is 12.6 Å². The van der Waals surface area contributed by atoms with E-state index in [1.165, 1.54) is 18.3 Å². The largest absolute Gasteiger partial charge is 0.416 e. The number of halogens is 3. The normalized spacial score (nSPS) is 11.4. The Morgan fingerprint density at radius 3 is 2.32 bits per heavy atom. The average Bonchev–Trinajstić information content (AvgIpc) is 2.41. The first-order chi connectivity index (χ1) is 10.2. The van der Waals surface area contributed by atoms with E-state index in [1.807, 2.05) is 0 Å². The first-order valence-electron chi connectivity index (χ1n) is 6.00. The second kappa shape index (κ2) is 5.51. The fourth-order valence-electron chi connectivity index (χ4n) is 1.93. The lowest BCUT2D eigenvalue weighted by molar-refractivity contribution is -0.385. The predicted octanol–water partition coefficient (Wildman–Crippen LogP) is 2.47. The molecule has 2 aromatic rings. The average molecular weight is 313 g/mol. The van der Waals surface area contributed by atoms with Crippen LogP contribution in [0.3, 0.4) is 0 Å². The van der Waals surface area contributed by atoms with Gasteiger partial charge in [0, 0.05) is 18.2 Å². The highest BCUT2D eigenvalue weighted by Crippen LogP contribution is 2.30. The van der Waals surface area contributed by atoms with Gasteiger partial charge in [-0.3, -0.25) is 14.9 Å². The van der Waals surface area contributed by atoms with E-state index in [0.717, 1.165) is 12.1 Å². The lowest BCUT2D eigenvalue weighted by atomic mass is 10.0. The fourth-order valence-corrected chi connectivity index (χ4v) is 1.93. The zero-order chi connectivity index (χ0) is 16.5. The van der Waals surface area contributed by atoms with Gasteiger partial charge in [0.05, 0.1) is 10.5 Å². The second-order valence-electron chi connectivity index (χ2n) is 4.53. The SMILES string of the molecule is Nc1c(Cc2ccc(C(F)(F)F)cc2)c[nH]c(=O)c1[N+](=O)[O-]. The minimum Gasteiger partial charge on any atom is -0.393 e. The summed E-state index contributed by atoms with van der Waals surface area (Å²) >= 11 is 0. The maximum Gasteiger partial charge on any atom is 0.416 e. The van der Waals surface area contributed by atoms with E-state index in [2.05, 4.69) is 4.98 Å². The molecule has 0 amide bonds. The summed E-state index contributed by atoms with van der Waals surface area (Å²) in [6, 6.07) is 4.32.